The van der Waals surface area contributed by atoms with E-state index in [9.17, 15) is 4.79 Å². The van der Waals surface area contributed by atoms with Crippen LogP contribution in [0.1, 0.15) is 19.4 Å². The second-order valence-electron chi connectivity index (χ2n) is 5.24. The van der Waals surface area contributed by atoms with E-state index in [2.05, 4.69) is 4.99 Å². The first-order valence-corrected chi connectivity index (χ1v) is 7.63. The molecule has 0 unspecified atom stereocenters. The minimum absolute atomic E-state index is 0.171. The number of anilines is 1. The van der Waals surface area contributed by atoms with Gasteiger partial charge < -0.3 is 14.4 Å². The fourth-order valence-electron chi connectivity index (χ4n) is 2.34. The summed E-state index contributed by atoms with van der Waals surface area (Å²) in [6, 6.07) is 6.11. The van der Waals surface area contributed by atoms with Crippen LogP contribution in [0.25, 0.3) is 6.08 Å². The molecule has 0 atom stereocenters. The van der Waals surface area contributed by atoms with Crippen LogP contribution in [0.15, 0.2) is 29.0 Å². The summed E-state index contributed by atoms with van der Waals surface area (Å²) in [5.41, 5.74) is 1.81. The molecule has 0 radical (unpaired) electrons. The van der Waals surface area contributed by atoms with E-state index < -0.39 is 0 Å². The predicted octanol–water partition coefficient (Wildman–Crippen LogP) is 2.36. The van der Waals surface area contributed by atoms with Gasteiger partial charge >= 0.3 is 0 Å². The van der Waals surface area contributed by atoms with Crippen molar-refractivity contribution in [3.63, 3.8) is 0 Å². The normalized spacial score (nSPS) is 17.8. The maximum Gasteiger partial charge on any atom is 0.300 e. The number of methoxy groups -OCH3 is 1. The number of hydrogen-bond acceptors (Lipinski definition) is 5. The lowest BCUT2D eigenvalue weighted by molar-refractivity contribution is -0.122. The number of ether oxygens (including phenoxy) is 2. The van der Waals surface area contributed by atoms with Gasteiger partial charge in [0.1, 0.15) is 5.75 Å². The number of carbonyl (C=O) groups is 1. The molecule has 0 saturated carbocycles. The lowest BCUT2D eigenvalue weighted by Gasteiger charge is -2.16. The molecule has 1 aliphatic heterocycles. The van der Waals surface area contributed by atoms with Crippen molar-refractivity contribution in [2.45, 2.75) is 13.8 Å². The Morgan fingerprint density at radius 3 is 2.65 bits per heavy atom. The second kappa shape index (κ2) is 7.17. The molecule has 1 aromatic rings. The Labute approximate surface area is 137 Å². The molecule has 6 nitrogen and oxygen atoms in total. The summed E-state index contributed by atoms with van der Waals surface area (Å²) in [7, 11) is 5.53. The topological polar surface area (TPSA) is 54.4 Å². The second-order valence-corrected chi connectivity index (χ2v) is 5.24. The average Bonchev–Trinajstić information content (AvgIpc) is 2.82. The molecule has 1 heterocycles. The van der Waals surface area contributed by atoms with Crippen LogP contribution in [0.5, 0.6) is 5.75 Å². The van der Waals surface area contributed by atoms with Crippen LogP contribution >= 0.6 is 0 Å². The highest BCUT2D eigenvalue weighted by Gasteiger charge is 2.33. The summed E-state index contributed by atoms with van der Waals surface area (Å²) in [4.78, 5) is 20.1. The van der Waals surface area contributed by atoms with Gasteiger partial charge in [0, 0.05) is 27.2 Å². The highest BCUT2D eigenvalue weighted by Crippen LogP contribution is 2.29. The van der Waals surface area contributed by atoms with Crippen LogP contribution in [-0.4, -0.2) is 51.1 Å². The molecule has 0 N–H and O–H groups in total. The number of rotatable bonds is 5. The molecular formula is C17H23N3O3. The van der Waals surface area contributed by atoms with Gasteiger partial charge in [-0.05, 0) is 37.6 Å². The first kappa shape index (κ1) is 16.9. The van der Waals surface area contributed by atoms with E-state index >= 15 is 0 Å². The van der Waals surface area contributed by atoms with Gasteiger partial charge in [-0.1, -0.05) is 6.07 Å². The largest absolute Gasteiger partial charge is 0.495 e. The highest BCUT2D eigenvalue weighted by molar-refractivity contribution is 6.11. The third-order valence-electron chi connectivity index (χ3n) is 3.48. The number of benzene rings is 1. The molecule has 1 fully saturated rings. The quantitative estimate of drug-likeness (QED) is 0.782. The lowest BCUT2D eigenvalue weighted by atomic mass is 10.1. The van der Waals surface area contributed by atoms with Crippen molar-refractivity contribution in [2.75, 3.05) is 39.2 Å². The van der Waals surface area contributed by atoms with Crippen molar-refractivity contribution in [3.8, 4) is 5.75 Å². The molecule has 23 heavy (non-hydrogen) atoms. The number of carbonyl (C=O) groups excluding carboxylic acids is 1. The van der Waals surface area contributed by atoms with E-state index in [1.54, 1.807) is 13.2 Å². The van der Waals surface area contributed by atoms with E-state index in [-0.39, 0.29) is 11.7 Å². The van der Waals surface area contributed by atoms with E-state index in [1.807, 2.05) is 51.0 Å². The van der Waals surface area contributed by atoms with Crippen molar-refractivity contribution in [1.29, 1.82) is 0 Å². The number of nitrogens with zero attached hydrogens (tertiary/aromatic N) is 3. The van der Waals surface area contributed by atoms with Gasteiger partial charge in [0.15, 0.2) is 5.76 Å². The number of amides is 1. The van der Waals surface area contributed by atoms with Crippen LogP contribution < -0.4 is 9.64 Å². The first-order chi connectivity index (χ1) is 11.0. The molecule has 0 bridgehead atoms. The molecule has 1 aliphatic rings. The number of aliphatic imine (C=N–C) groups is 1. The van der Waals surface area contributed by atoms with Gasteiger partial charge in [-0.15, -0.1) is 0 Å². The zero-order chi connectivity index (χ0) is 17.0. The van der Waals surface area contributed by atoms with Crippen molar-refractivity contribution in [1.82, 2.24) is 4.90 Å². The third-order valence-corrected chi connectivity index (χ3v) is 3.48. The molecule has 1 saturated heterocycles. The summed E-state index contributed by atoms with van der Waals surface area (Å²) in [6.45, 7) is 4.89. The lowest BCUT2D eigenvalue weighted by Crippen LogP contribution is -2.29. The molecule has 0 aliphatic carbocycles. The SMILES string of the molecule is CC/N=C1/O/C(=C/c2ccc(N(C)C)c(OC)c2)C(=O)N1CC. The molecule has 6 heteroatoms. The van der Waals surface area contributed by atoms with Gasteiger partial charge in [-0.25, -0.2) is 4.99 Å². The maximum absolute atomic E-state index is 12.4. The van der Waals surface area contributed by atoms with Crippen molar-refractivity contribution in [3.05, 3.63) is 29.5 Å². The molecule has 1 aromatic carbocycles. The Kier molecular flexibility index (Phi) is 5.26. The Balaban J connectivity index is 2.35. The van der Waals surface area contributed by atoms with Crippen LogP contribution in [0.3, 0.4) is 0 Å². The van der Waals surface area contributed by atoms with E-state index in [0.717, 1.165) is 17.0 Å². The molecule has 0 aromatic heterocycles. The van der Waals surface area contributed by atoms with E-state index in [0.29, 0.717) is 19.1 Å². The third kappa shape index (κ3) is 3.47. The Bertz CT molecular complexity index is 650. The fraction of sp³-hybridized carbons (Fsp3) is 0.412. The molecule has 2 rings (SSSR count). The molecule has 0 spiro atoms. The fourth-order valence-corrected chi connectivity index (χ4v) is 2.34. The summed E-state index contributed by atoms with van der Waals surface area (Å²) < 4.78 is 11.0. The van der Waals surface area contributed by atoms with Crippen molar-refractivity contribution in [2.24, 2.45) is 4.99 Å². The van der Waals surface area contributed by atoms with Gasteiger partial charge in [0.05, 0.1) is 12.8 Å². The minimum atomic E-state index is -0.171. The number of likely N-dealkylation sites (N-methyl/N-ethyl adjacent to an activating group) is 1. The zero-order valence-corrected chi connectivity index (χ0v) is 14.3. The van der Waals surface area contributed by atoms with E-state index in [4.69, 9.17) is 9.47 Å². The molecular weight excluding hydrogens is 294 g/mol. The number of amidine groups is 1. The standard InChI is InChI=1S/C17H23N3O3/c1-6-18-17-20(7-2)16(21)15(23-17)11-12-8-9-13(19(3)4)14(10-12)22-5/h8-11H,6-7H2,1-5H3/b15-11+,18-17+. The molecule has 124 valence electrons. The van der Waals surface area contributed by atoms with Gasteiger partial charge in [-0.2, -0.15) is 0 Å². The Hall–Kier alpha value is -2.50. The minimum Gasteiger partial charge on any atom is -0.495 e. The molecule has 1 amide bonds. The van der Waals surface area contributed by atoms with Gasteiger partial charge in [-0.3, -0.25) is 9.69 Å². The summed E-state index contributed by atoms with van der Waals surface area (Å²) in [6.07, 6.45) is 1.71. The number of hydrogen-bond donors (Lipinski definition) is 0. The van der Waals surface area contributed by atoms with Crippen LogP contribution in [-0.2, 0) is 9.53 Å². The Morgan fingerprint density at radius 2 is 2.09 bits per heavy atom. The van der Waals surface area contributed by atoms with E-state index in [1.165, 1.54) is 4.90 Å². The average molecular weight is 317 g/mol. The predicted molar refractivity (Wildman–Crippen MR) is 91.7 cm³/mol. The van der Waals surface area contributed by atoms with Gasteiger partial charge in [0.25, 0.3) is 11.9 Å². The van der Waals surface area contributed by atoms with Crippen LogP contribution in [0.2, 0.25) is 0 Å². The summed E-state index contributed by atoms with van der Waals surface area (Å²) in [5.74, 6) is 0.846. The first-order valence-electron chi connectivity index (χ1n) is 7.63. The highest BCUT2D eigenvalue weighted by atomic mass is 16.5. The van der Waals surface area contributed by atoms with Gasteiger partial charge in [0.2, 0.25) is 0 Å². The van der Waals surface area contributed by atoms with Crippen molar-refractivity contribution < 1.29 is 14.3 Å². The summed E-state index contributed by atoms with van der Waals surface area (Å²) in [5, 5.41) is 0. The van der Waals surface area contributed by atoms with Crippen molar-refractivity contribution >= 4 is 23.7 Å². The smallest absolute Gasteiger partial charge is 0.300 e. The summed E-state index contributed by atoms with van der Waals surface area (Å²) >= 11 is 0. The van der Waals surface area contributed by atoms with Crippen LogP contribution in [0.4, 0.5) is 5.69 Å². The van der Waals surface area contributed by atoms with Crippen LogP contribution in [0, 0.1) is 0 Å². The maximum atomic E-state index is 12.4. The monoisotopic (exact) mass is 317 g/mol. The zero-order valence-electron chi connectivity index (χ0n) is 14.3. The Morgan fingerprint density at radius 1 is 1.35 bits per heavy atom.